The standard InChI is InChI=1S/C8H15N3O2/c1-13-6-5-11(4-2-3-9)7-8(10)12/h2,4-7H2,1H3,(H2,10,12). The van der Waals surface area contributed by atoms with Crippen LogP contribution in [0.2, 0.25) is 0 Å². The SMILES string of the molecule is COCCN(CCC#N)CC(N)=O. The quantitative estimate of drug-likeness (QED) is 0.570. The van der Waals surface area contributed by atoms with Crippen LogP contribution in [0.1, 0.15) is 6.42 Å². The van der Waals surface area contributed by atoms with Crippen molar-refractivity contribution in [2.24, 2.45) is 5.73 Å². The molecular weight excluding hydrogens is 170 g/mol. The van der Waals surface area contributed by atoms with Crippen LogP contribution in [0.4, 0.5) is 0 Å². The van der Waals surface area contributed by atoms with E-state index in [4.69, 9.17) is 15.7 Å². The van der Waals surface area contributed by atoms with Gasteiger partial charge in [-0.15, -0.1) is 0 Å². The Morgan fingerprint density at radius 3 is 2.77 bits per heavy atom. The fraction of sp³-hybridized carbons (Fsp3) is 0.750. The lowest BCUT2D eigenvalue weighted by molar-refractivity contribution is -0.119. The number of methoxy groups -OCH3 is 1. The molecular formula is C8H15N3O2. The van der Waals surface area contributed by atoms with Gasteiger partial charge in [0.15, 0.2) is 0 Å². The van der Waals surface area contributed by atoms with E-state index in [1.165, 1.54) is 0 Å². The van der Waals surface area contributed by atoms with E-state index in [1.54, 1.807) is 12.0 Å². The molecule has 0 bridgehead atoms. The van der Waals surface area contributed by atoms with E-state index < -0.39 is 0 Å². The molecule has 1 amide bonds. The molecule has 0 saturated heterocycles. The third-order valence-electron chi connectivity index (χ3n) is 1.53. The molecule has 0 aromatic carbocycles. The summed E-state index contributed by atoms with van der Waals surface area (Å²) in [6.07, 6.45) is 0.400. The van der Waals surface area contributed by atoms with Crippen LogP contribution < -0.4 is 5.73 Å². The molecule has 0 rings (SSSR count). The molecule has 0 unspecified atom stereocenters. The molecule has 2 N–H and O–H groups in total. The maximum atomic E-state index is 10.6. The number of amides is 1. The lowest BCUT2D eigenvalue weighted by atomic mass is 10.4. The largest absolute Gasteiger partial charge is 0.383 e. The van der Waals surface area contributed by atoms with Gasteiger partial charge in [-0.25, -0.2) is 0 Å². The topological polar surface area (TPSA) is 79.3 Å². The van der Waals surface area contributed by atoms with Crippen molar-refractivity contribution in [1.82, 2.24) is 4.90 Å². The van der Waals surface area contributed by atoms with Crippen LogP contribution in [0, 0.1) is 11.3 Å². The van der Waals surface area contributed by atoms with Crippen molar-refractivity contribution in [2.45, 2.75) is 6.42 Å². The highest BCUT2D eigenvalue weighted by Gasteiger charge is 2.06. The third-order valence-corrected chi connectivity index (χ3v) is 1.53. The number of rotatable bonds is 7. The number of hydrogen-bond acceptors (Lipinski definition) is 4. The van der Waals surface area contributed by atoms with Crippen LogP contribution in [-0.2, 0) is 9.53 Å². The van der Waals surface area contributed by atoms with Gasteiger partial charge in [-0.3, -0.25) is 9.69 Å². The summed E-state index contributed by atoms with van der Waals surface area (Å²) in [7, 11) is 1.59. The predicted molar refractivity (Wildman–Crippen MR) is 47.7 cm³/mol. The van der Waals surface area contributed by atoms with Gasteiger partial charge in [0.05, 0.1) is 19.2 Å². The number of nitrogens with two attached hydrogens (primary N) is 1. The molecule has 0 aliphatic rings. The van der Waals surface area contributed by atoms with Crippen molar-refractivity contribution in [2.75, 3.05) is 33.4 Å². The molecule has 0 radical (unpaired) electrons. The van der Waals surface area contributed by atoms with E-state index in [1.807, 2.05) is 6.07 Å². The molecule has 0 aliphatic heterocycles. The average molecular weight is 185 g/mol. The van der Waals surface area contributed by atoms with Gasteiger partial charge >= 0.3 is 0 Å². The first-order valence-electron chi connectivity index (χ1n) is 4.07. The van der Waals surface area contributed by atoms with Gasteiger partial charge in [0.2, 0.25) is 5.91 Å². The van der Waals surface area contributed by atoms with Gasteiger partial charge in [-0.05, 0) is 0 Å². The first kappa shape index (κ1) is 11.9. The molecule has 13 heavy (non-hydrogen) atoms. The average Bonchev–Trinajstić information content (AvgIpc) is 2.09. The number of hydrogen-bond donors (Lipinski definition) is 1. The Kier molecular flexibility index (Phi) is 6.88. The highest BCUT2D eigenvalue weighted by molar-refractivity contribution is 5.75. The van der Waals surface area contributed by atoms with Gasteiger partial charge < -0.3 is 10.5 Å². The van der Waals surface area contributed by atoms with Crippen molar-refractivity contribution >= 4 is 5.91 Å². The number of carbonyl (C=O) groups excluding carboxylic acids is 1. The second kappa shape index (κ2) is 7.53. The molecule has 0 spiro atoms. The fourth-order valence-corrected chi connectivity index (χ4v) is 0.919. The number of ether oxygens (including phenoxy) is 1. The van der Waals surface area contributed by atoms with Gasteiger partial charge in [-0.2, -0.15) is 5.26 Å². The Morgan fingerprint density at radius 2 is 2.31 bits per heavy atom. The van der Waals surface area contributed by atoms with Crippen LogP contribution in [0.25, 0.3) is 0 Å². The van der Waals surface area contributed by atoms with Crippen LogP contribution in [0.5, 0.6) is 0 Å². The number of nitrogens with zero attached hydrogens (tertiary/aromatic N) is 2. The Hall–Kier alpha value is -1.12. The molecule has 0 aromatic rings. The van der Waals surface area contributed by atoms with Crippen LogP contribution >= 0.6 is 0 Å². The Bertz CT molecular complexity index is 188. The zero-order valence-electron chi connectivity index (χ0n) is 7.82. The summed E-state index contributed by atoms with van der Waals surface area (Å²) in [4.78, 5) is 12.4. The predicted octanol–water partition coefficient (Wildman–Crippen LogP) is -0.666. The summed E-state index contributed by atoms with van der Waals surface area (Å²) in [5, 5.41) is 8.35. The van der Waals surface area contributed by atoms with Gasteiger partial charge in [0.25, 0.3) is 0 Å². The molecule has 0 heterocycles. The number of carbonyl (C=O) groups is 1. The van der Waals surface area contributed by atoms with E-state index >= 15 is 0 Å². The van der Waals surface area contributed by atoms with Crippen LogP contribution in [0.3, 0.4) is 0 Å². The van der Waals surface area contributed by atoms with Gasteiger partial charge in [-0.1, -0.05) is 0 Å². The smallest absolute Gasteiger partial charge is 0.231 e. The zero-order chi connectivity index (χ0) is 10.1. The van der Waals surface area contributed by atoms with Crippen molar-refractivity contribution in [3.63, 3.8) is 0 Å². The summed E-state index contributed by atoms with van der Waals surface area (Å²) < 4.78 is 4.86. The minimum atomic E-state index is -0.381. The van der Waals surface area contributed by atoms with E-state index in [2.05, 4.69) is 0 Å². The summed E-state index contributed by atoms with van der Waals surface area (Å²) in [6, 6.07) is 2.01. The first-order valence-corrected chi connectivity index (χ1v) is 4.07. The lowest BCUT2D eigenvalue weighted by Gasteiger charge is -2.18. The van der Waals surface area contributed by atoms with Crippen molar-refractivity contribution in [3.8, 4) is 6.07 Å². The maximum Gasteiger partial charge on any atom is 0.231 e. The second-order valence-corrected chi connectivity index (χ2v) is 2.64. The van der Waals surface area contributed by atoms with Crippen molar-refractivity contribution in [3.05, 3.63) is 0 Å². The van der Waals surface area contributed by atoms with E-state index in [0.29, 0.717) is 26.1 Å². The highest BCUT2D eigenvalue weighted by Crippen LogP contribution is 1.90. The molecule has 5 nitrogen and oxygen atoms in total. The third kappa shape index (κ3) is 7.25. The first-order chi connectivity index (χ1) is 6.20. The summed E-state index contributed by atoms with van der Waals surface area (Å²) in [5.74, 6) is -0.381. The minimum Gasteiger partial charge on any atom is -0.383 e. The van der Waals surface area contributed by atoms with Crippen molar-refractivity contribution in [1.29, 1.82) is 5.26 Å². The van der Waals surface area contributed by atoms with E-state index in [9.17, 15) is 4.79 Å². The molecule has 0 aromatic heterocycles. The monoisotopic (exact) mass is 185 g/mol. The molecule has 0 fully saturated rings. The van der Waals surface area contributed by atoms with Gasteiger partial charge in [0.1, 0.15) is 0 Å². The molecule has 0 atom stereocenters. The fourth-order valence-electron chi connectivity index (χ4n) is 0.919. The maximum absolute atomic E-state index is 10.6. The van der Waals surface area contributed by atoms with Gasteiger partial charge in [0, 0.05) is 26.6 Å². The molecule has 0 aliphatic carbocycles. The van der Waals surface area contributed by atoms with Crippen LogP contribution in [-0.4, -0.2) is 44.2 Å². The summed E-state index contributed by atoms with van der Waals surface area (Å²) in [5.41, 5.74) is 5.03. The lowest BCUT2D eigenvalue weighted by Crippen LogP contribution is -2.36. The normalized spacial score (nSPS) is 9.92. The molecule has 0 saturated carbocycles. The van der Waals surface area contributed by atoms with E-state index in [0.717, 1.165) is 0 Å². The molecule has 5 heteroatoms. The summed E-state index contributed by atoms with van der Waals surface area (Å²) >= 11 is 0. The Morgan fingerprint density at radius 1 is 1.62 bits per heavy atom. The Labute approximate surface area is 78.1 Å². The summed E-state index contributed by atoms with van der Waals surface area (Å²) in [6.45, 7) is 1.91. The molecule has 74 valence electrons. The second-order valence-electron chi connectivity index (χ2n) is 2.64. The zero-order valence-corrected chi connectivity index (χ0v) is 7.82. The number of nitriles is 1. The van der Waals surface area contributed by atoms with E-state index in [-0.39, 0.29) is 12.5 Å². The number of primary amides is 1. The highest BCUT2D eigenvalue weighted by atomic mass is 16.5. The van der Waals surface area contributed by atoms with Crippen LogP contribution in [0.15, 0.2) is 0 Å². The van der Waals surface area contributed by atoms with Crippen molar-refractivity contribution < 1.29 is 9.53 Å². The Balaban J connectivity index is 3.74. The minimum absolute atomic E-state index is 0.186.